The number of nitrogens with zero attached hydrogens (tertiary/aromatic N) is 1. The fraction of sp³-hybridized carbons (Fsp3) is 0.208. The highest BCUT2D eigenvalue weighted by Crippen LogP contribution is 2.28. The number of carbonyl (C=O) groups excluding carboxylic acids is 2. The zero-order chi connectivity index (χ0) is 25.2. The van der Waals surface area contributed by atoms with Crippen molar-refractivity contribution in [3.63, 3.8) is 0 Å². The van der Waals surface area contributed by atoms with Crippen molar-refractivity contribution in [1.29, 1.82) is 0 Å². The third kappa shape index (κ3) is 4.90. The van der Waals surface area contributed by atoms with E-state index >= 15 is 0 Å². The lowest BCUT2D eigenvalue weighted by Gasteiger charge is -2.27. The van der Waals surface area contributed by atoms with Crippen molar-refractivity contribution >= 4 is 40.8 Å². The summed E-state index contributed by atoms with van der Waals surface area (Å²) in [5, 5.41) is 17.9. The Kier molecular flexibility index (Phi) is 6.88. The predicted octanol–water partition coefficient (Wildman–Crippen LogP) is 3.29. The second-order valence-corrected chi connectivity index (χ2v) is 8.43. The fourth-order valence-corrected chi connectivity index (χ4v) is 4.05. The van der Waals surface area contributed by atoms with Crippen LogP contribution in [0.25, 0.3) is 5.69 Å². The van der Waals surface area contributed by atoms with Gasteiger partial charge in [-0.1, -0.05) is 11.6 Å². The molecule has 3 aromatic rings. The third-order valence-electron chi connectivity index (χ3n) is 5.82. The molecule has 4 rings (SSSR count). The summed E-state index contributed by atoms with van der Waals surface area (Å²) in [5.74, 6) is -3.36. The number of benzene rings is 2. The molecule has 4 N–H and O–H groups in total. The largest absolute Gasteiger partial charge is 0.477 e. The van der Waals surface area contributed by atoms with Crippen LogP contribution in [0.1, 0.15) is 16.9 Å². The van der Waals surface area contributed by atoms with E-state index in [1.807, 2.05) is 0 Å². The van der Waals surface area contributed by atoms with E-state index in [2.05, 4.69) is 16.0 Å². The van der Waals surface area contributed by atoms with Gasteiger partial charge in [0.15, 0.2) is 5.54 Å². The molecule has 1 aliphatic heterocycles. The molecule has 11 heteroatoms. The minimum atomic E-state index is -1.72. The number of ether oxygens (including phenoxy) is 1. The van der Waals surface area contributed by atoms with Crippen LogP contribution in [0.3, 0.4) is 0 Å². The molecule has 1 saturated heterocycles. The van der Waals surface area contributed by atoms with E-state index in [4.69, 9.17) is 16.3 Å². The van der Waals surface area contributed by atoms with Crippen molar-refractivity contribution in [3.8, 4) is 5.69 Å². The highest BCUT2D eigenvalue weighted by atomic mass is 35.5. The van der Waals surface area contributed by atoms with Crippen LogP contribution in [0, 0.1) is 5.82 Å². The number of anilines is 2. The maximum atomic E-state index is 14.9. The van der Waals surface area contributed by atoms with Gasteiger partial charge in [-0.05, 0) is 48.5 Å². The average molecular weight is 501 g/mol. The van der Waals surface area contributed by atoms with Gasteiger partial charge in [0.05, 0.1) is 11.8 Å². The van der Waals surface area contributed by atoms with Crippen molar-refractivity contribution < 1.29 is 28.6 Å². The monoisotopic (exact) mass is 500 g/mol. The molecular formula is C24H22ClFN4O5. The molecule has 1 fully saturated rings. The zero-order valence-electron chi connectivity index (χ0n) is 18.5. The Bertz CT molecular complexity index is 1280. The molecule has 2 unspecified atom stereocenters. The summed E-state index contributed by atoms with van der Waals surface area (Å²) in [6, 6.07) is 13.2. The molecule has 9 nitrogen and oxygen atoms in total. The van der Waals surface area contributed by atoms with Gasteiger partial charge in [0.25, 0.3) is 11.8 Å². The van der Waals surface area contributed by atoms with E-state index in [1.165, 1.54) is 42.1 Å². The summed E-state index contributed by atoms with van der Waals surface area (Å²) < 4.78 is 21.6. The second kappa shape index (κ2) is 9.87. The minimum Gasteiger partial charge on any atom is -0.477 e. The smallest absolute Gasteiger partial charge is 0.352 e. The van der Waals surface area contributed by atoms with Gasteiger partial charge in [-0.25, -0.2) is 9.18 Å². The average Bonchev–Trinajstić information content (AvgIpc) is 3.50. The van der Waals surface area contributed by atoms with Gasteiger partial charge in [-0.3, -0.25) is 14.9 Å². The van der Waals surface area contributed by atoms with Crippen molar-refractivity contribution in [1.82, 2.24) is 9.88 Å². The van der Waals surface area contributed by atoms with E-state index in [9.17, 15) is 23.9 Å². The Balaban J connectivity index is 1.58. The molecule has 2 atom stereocenters. The Morgan fingerprint density at radius 3 is 2.49 bits per heavy atom. The molecule has 0 saturated carbocycles. The lowest BCUT2D eigenvalue weighted by Crippen LogP contribution is -2.59. The third-order valence-corrected chi connectivity index (χ3v) is 6.07. The molecule has 2 heterocycles. The first-order valence-electron chi connectivity index (χ1n) is 10.6. The summed E-state index contributed by atoms with van der Waals surface area (Å²) >= 11 is 5.89. The topological polar surface area (TPSA) is 122 Å². The molecule has 2 aromatic carbocycles. The van der Waals surface area contributed by atoms with Crippen LogP contribution in [-0.4, -0.2) is 52.8 Å². The van der Waals surface area contributed by atoms with Crippen LogP contribution in [0.4, 0.5) is 15.8 Å². The standard InChI is InChI=1S/C24H22ClFN4O5/c1-35-17-12-24(27-13-17,22(33)28-15-6-4-14(25)5-7-15)23(34)29-19-9-8-16(11-18(19)26)30-10-2-3-20(30)21(31)32/h2-11,17,27H,12-13H2,1H3,(H,28,33)(H,29,34)(H,31,32). The molecule has 1 aliphatic rings. The molecular weight excluding hydrogens is 479 g/mol. The number of carboxylic acids is 1. The highest BCUT2D eigenvalue weighted by Gasteiger charge is 2.51. The van der Waals surface area contributed by atoms with E-state index in [0.717, 1.165) is 6.07 Å². The summed E-state index contributed by atoms with van der Waals surface area (Å²) in [6.07, 6.45) is 1.10. The summed E-state index contributed by atoms with van der Waals surface area (Å²) in [5.41, 5.74) is -1.23. The number of hydrogen-bond donors (Lipinski definition) is 4. The molecule has 0 spiro atoms. The summed E-state index contributed by atoms with van der Waals surface area (Å²) in [6.45, 7) is 0.241. The molecule has 0 bridgehead atoms. The van der Waals surface area contributed by atoms with Gasteiger partial charge < -0.3 is 25.0 Å². The van der Waals surface area contributed by atoms with Crippen LogP contribution in [0.2, 0.25) is 5.02 Å². The molecule has 2 amide bonds. The lowest BCUT2D eigenvalue weighted by molar-refractivity contribution is -0.132. The number of methoxy groups -OCH3 is 1. The van der Waals surface area contributed by atoms with Crippen LogP contribution < -0.4 is 16.0 Å². The highest BCUT2D eigenvalue weighted by molar-refractivity contribution is 6.30. The van der Waals surface area contributed by atoms with Crippen molar-refractivity contribution in [3.05, 3.63) is 77.3 Å². The number of rotatable bonds is 7. The SMILES string of the molecule is COC1CNC(C(=O)Nc2ccc(Cl)cc2)(C(=O)Nc2ccc(-n3cccc3C(=O)O)cc2F)C1. The number of carbonyl (C=O) groups is 3. The number of nitrogens with one attached hydrogen (secondary N) is 3. The van der Waals surface area contributed by atoms with Crippen LogP contribution in [-0.2, 0) is 14.3 Å². The number of halogens is 2. The maximum absolute atomic E-state index is 14.9. The zero-order valence-corrected chi connectivity index (χ0v) is 19.3. The van der Waals surface area contributed by atoms with Gasteiger partial charge in [-0.2, -0.15) is 0 Å². The van der Waals surface area contributed by atoms with E-state index in [0.29, 0.717) is 10.7 Å². The van der Waals surface area contributed by atoms with Crippen LogP contribution >= 0.6 is 11.6 Å². The van der Waals surface area contributed by atoms with E-state index in [1.54, 1.807) is 24.3 Å². The Hall–Kier alpha value is -3.73. The number of hydrogen-bond acceptors (Lipinski definition) is 5. The predicted molar refractivity (Wildman–Crippen MR) is 128 cm³/mol. The van der Waals surface area contributed by atoms with Crippen LogP contribution in [0.15, 0.2) is 60.8 Å². The van der Waals surface area contributed by atoms with Crippen molar-refractivity contribution in [2.45, 2.75) is 18.1 Å². The normalized spacial score (nSPS) is 19.3. The van der Waals surface area contributed by atoms with Gasteiger partial charge in [0.2, 0.25) is 0 Å². The van der Waals surface area contributed by atoms with E-state index < -0.39 is 35.2 Å². The number of amides is 2. The van der Waals surface area contributed by atoms with E-state index in [-0.39, 0.29) is 30.0 Å². The quantitative estimate of drug-likeness (QED) is 0.369. The Morgan fingerprint density at radius 2 is 1.86 bits per heavy atom. The molecule has 0 aliphatic carbocycles. The molecule has 0 radical (unpaired) electrons. The van der Waals surface area contributed by atoms with Gasteiger partial charge in [-0.15, -0.1) is 0 Å². The lowest BCUT2D eigenvalue weighted by atomic mass is 9.93. The number of carboxylic acid groups (broad SMARTS) is 1. The van der Waals surface area contributed by atoms with Crippen molar-refractivity contribution in [2.24, 2.45) is 0 Å². The second-order valence-electron chi connectivity index (χ2n) is 8.00. The van der Waals surface area contributed by atoms with Crippen molar-refractivity contribution in [2.75, 3.05) is 24.3 Å². The first kappa shape index (κ1) is 24.4. The first-order chi connectivity index (χ1) is 16.7. The summed E-state index contributed by atoms with van der Waals surface area (Å²) in [4.78, 5) is 37.9. The first-order valence-corrected chi connectivity index (χ1v) is 11.0. The van der Waals surface area contributed by atoms with Gasteiger partial charge >= 0.3 is 5.97 Å². The van der Waals surface area contributed by atoms with Gasteiger partial charge in [0, 0.05) is 48.7 Å². The number of aromatic nitrogens is 1. The molecule has 1 aromatic heterocycles. The Labute approximate surface area is 204 Å². The van der Waals surface area contributed by atoms with Crippen LogP contribution in [0.5, 0.6) is 0 Å². The summed E-state index contributed by atoms with van der Waals surface area (Å²) in [7, 11) is 1.47. The van der Waals surface area contributed by atoms with Gasteiger partial charge in [0.1, 0.15) is 11.5 Å². The minimum absolute atomic E-state index is 0.0276. The molecule has 35 heavy (non-hydrogen) atoms. The maximum Gasteiger partial charge on any atom is 0.352 e. The number of aromatic carboxylic acids is 1. The Morgan fingerprint density at radius 1 is 1.14 bits per heavy atom. The fourth-order valence-electron chi connectivity index (χ4n) is 3.93. The molecule has 182 valence electrons.